The first-order valence-electron chi connectivity index (χ1n) is 9.61. The van der Waals surface area contributed by atoms with Gasteiger partial charge in [-0.05, 0) is 29.5 Å². The number of benzene rings is 2. The Balaban J connectivity index is 1.59. The molecule has 0 saturated carbocycles. The molecule has 9 nitrogen and oxygen atoms in total. The number of carboxylic acid groups (broad SMARTS) is 1. The molecule has 0 unspecified atom stereocenters. The average molecular weight is 425 g/mol. The first-order valence-corrected chi connectivity index (χ1v) is 9.61. The summed E-state index contributed by atoms with van der Waals surface area (Å²) in [5, 5.41) is 17.6. The van der Waals surface area contributed by atoms with Crippen LogP contribution in [0.2, 0.25) is 0 Å². The van der Waals surface area contributed by atoms with Crippen molar-refractivity contribution in [1.82, 2.24) is 10.6 Å². The summed E-state index contributed by atoms with van der Waals surface area (Å²) in [5.74, 6) is -2.69. The van der Waals surface area contributed by atoms with Crippen LogP contribution in [0, 0.1) is 5.92 Å². The Morgan fingerprint density at radius 3 is 2.42 bits per heavy atom. The average Bonchev–Trinajstić information content (AvgIpc) is 2.74. The molecule has 0 spiro atoms. The highest BCUT2D eigenvalue weighted by atomic mass is 16.5. The lowest BCUT2D eigenvalue weighted by Crippen LogP contribution is -2.53. The fourth-order valence-corrected chi connectivity index (χ4v) is 3.05. The van der Waals surface area contributed by atoms with Crippen molar-refractivity contribution in [2.45, 2.75) is 19.9 Å². The second kappa shape index (κ2) is 9.29. The van der Waals surface area contributed by atoms with E-state index in [-0.39, 0.29) is 12.5 Å². The minimum absolute atomic E-state index is 0.308. The Labute approximate surface area is 177 Å². The lowest BCUT2D eigenvalue weighted by atomic mass is 10.1. The van der Waals surface area contributed by atoms with Crippen molar-refractivity contribution in [1.29, 1.82) is 0 Å². The molecule has 1 heterocycles. The van der Waals surface area contributed by atoms with E-state index in [1.54, 1.807) is 38.1 Å². The summed E-state index contributed by atoms with van der Waals surface area (Å²) in [6, 6.07) is 10.8. The van der Waals surface area contributed by atoms with E-state index >= 15 is 0 Å². The van der Waals surface area contributed by atoms with Gasteiger partial charge in [-0.25, -0.2) is 4.79 Å². The van der Waals surface area contributed by atoms with E-state index in [1.807, 2.05) is 12.1 Å². The number of nitrogens with one attached hydrogen (secondary N) is 2. The number of carbonyl (C=O) groups excluding carboxylic acids is 3. The largest absolute Gasteiger partial charge is 0.548 e. The van der Waals surface area contributed by atoms with Crippen LogP contribution in [0.4, 0.5) is 0 Å². The minimum atomic E-state index is -1.39. The van der Waals surface area contributed by atoms with Crippen molar-refractivity contribution in [2.75, 3.05) is 13.2 Å². The van der Waals surface area contributed by atoms with Gasteiger partial charge in [-0.3, -0.25) is 9.59 Å². The fraction of sp³-hybridized carbons (Fsp3) is 0.273. The van der Waals surface area contributed by atoms with Crippen LogP contribution in [0.5, 0.6) is 5.75 Å². The smallest absolute Gasteiger partial charge is 0.344 e. The van der Waals surface area contributed by atoms with Gasteiger partial charge in [0.15, 0.2) is 6.61 Å². The number of ether oxygens (including phenoxy) is 1. The molecule has 0 bridgehead atoms. The molecule has 162 valence electrons. The highest BCUT2D eigenvalue weighted by molar-refractivity contribution is 6.04. The zero-order chi connectivity index (χ0) is 22.5. The molecule has 0 saturated heterocycles. The Morgan fingerprint density at radius 2 is 1.74 bits per heavy atom. The predicted octanol–water partition coefficient (Wildman–Crippen LogP) is 0.332. The Bertz CT molecular complexity index is 1200. The van der Waals surface area contributed by atoms with Gasteiger partial charge in [0, 0.05) is 11.5 Å². The molecule has 3 rings (SSSR count). The minimum Gasteiger partial charge on any atom is -0.548 e. The third-order valence-electron chi connectivity index (χ3n) is 4.65. The maximum absolute atomic E-state index is 12.1. The van der Waals surface area contributed by atoms with Gasteiger partial charge in [-0.2, -0.15) is 0 Å². The lowest BCUT2D eigenvalue weighted by molar-refractivity contribution is -0.309. The number of rotatable bonds is 8. The van der Waals surface area contributed by atoms with Crippen LogP contribution in [-0.2, 0) is 14.4 Å². The van der Waals surface area contributed by atoms with Gasteiger partial charge in [0.05, 0.1) is 23.9 Å². The third-order valence-corrected chi connectivity index (χ3v) is 4.65. The normalized spacial score (nSPS) is 12.0. The maximum Gasteiger partial charge on any atom is 0.344 e. The van der Waals surface area contributed by atoms with Gasteiger partial charge in [-0.15, -0.1) is 0 Å². The molecular weight excluding hydrogens is 404 g/mol. The van der Waals surface area contributed by atoms with E-state index in [2.05, 4.69) is 10.6 Å². The van der Waals surface area contributed by atoms with E-state index in [1.165, 1.54) is 6.07 Å². The second-order valence-corrected chi connectivity index (χ2v) is 7.27. The maximum atomic E-state index is 12.1. The van der Waals surface area contributed by atoms with Crippen molar-refractivity contribution in [2.24, 2.45) is 5.92 Å². The van der Waals surface area contributed by atoms with Crippen LogP contribution >= 0.6 is 0 Å². The van der Waals surface area contributed by atoms with Crippen molar-refractivity contribution < 1.29 is 28.6 Å². The van der Waals surface area contributed by atoms with Gasteiger partial charge >= 0.3 is 5.63 Å². The van der Waals surface area contributed by atoms with E-state index in [9.17, 15) is 24.3 Å². The molecular formula is C22H21N2O7-. The number of aliphatic carboxylic acids is 1. The third kappa shape index (κ3) is 5.19. The molecule has 2 aromatic carbocycles. The molecule has 0 aliphatic rings. The standard InChI is InChI=1S/C22H22N2O7/c1-12(2)20(21(27)28)24-18(25)10-23-19(26)11-30-13-7-8-15-14-5-3-4-6-16(14)22(29)31-17(15)9-13/h3-9,12,20H,10-11H2,1-2H3,(H,23,26)(H,24,25)(H,27,28)/p-1/t20-/m0/s1. The molecule has 0 aliphatic carbocycles. The van der Waals surface area contributed by atoms with E-state index in [0.29, 0.717) is 16.7 Å². The SMILES string of the molecule is CC(C)[C@H](NC(=O)CNC(=O)COc1ccc2c(c1)oc(=O)c1ccccc12)C(=O)[O-]. The van der Waals surface area contributed by atoms with Crippen LogP contribution < -0.4 is 26.1 Å². The van der Waals surface area contributed by atoms with Crippen LogP contribution in [0.25, 0.3) is 21.7 Å². The quantitative estimate of drug-likeness (QED) is 0.392. The summed E-state index contributed by atoms with van der Waals surface area (Å²) >= 11 is 0. The number of fused-ring (bicyclic) bond motifs is 3. The van der Waals surface area contributed by atoms with Gasteiger partial charge in [0.2, 0.25) is 5.91 Å². The summed E-state index contributed by atoms with van der Waals surface area (Å²) in [5.41, 5.74) is -0.150. The number of amides is 2. The zero-order valence-corrected chi connectivity index (χ0v) is 17.0. The molecule has 2 N–H and O–H groups in total. The summed E-state index contributed by atoms with van der Waals surface area (Å²) in [4.78, 5) is 46.9. The van der Waals surface area contributed by atoms with Gasteiger partial charge < -0.3 is 29.7 Å². The summed E-state index contributed by atoms with van der Waals surface area (Å²) < 4.78 is 10.7. The zero-order valence-electron chi connectivity index (χ0n) is 17.0. The molecule has 3 aromatic rings. The van der Waals surface area contributed by atoms with Crippen molar-refractivity contribution in [3.8, 4) is 5.75 Å². The Morgan fingerprint density at radius 1 is 1.03 bits per heavy atom. The number of carboxylic acids is 1. The highest BCUT2D eigenvalue weighted by Crippen LogP contribution is 2.26. The lowest BCUT2D eigenvalue weighted by Gasteiger charge is -2.23. The first kappa shape index (κ1) is 21.8. The Hall–Kier alpha value is -3.88. The molecule has 0 aliphatic heterocycles. The molecule has 0 fully saturated rings. The number of carbonyl (C=O) groups is 3. The van der Waals surface area contributed by atoms with E-state index in [4.69, 9.17) is 9.15 Å². The van der Waals surface area contributed by atoms with Crippen LogP contribution in [0.15, 0.2) is 51.7 Å². The van der Waals surface area contributed by atoms with Crippen molar-refractivity contribution >= 4 is 39.5 Å². The van der Waals surface area contributed by atoms with Gasteiger partial charge in [-0.1, -0.05) is 32.0 Å². The highest BCUT2D eigenvalue weighted by Gasteiger charge is 2.17. The monoisotopic (exact) mass is 425 g/mol. The first-order chi connectivity index (χ1) is 14.8. The van der Waals surface area contributed by atoms with Crippen LogP contribution in [-0.4, -0.2) is 37.0 Å². The number of hydrogen-bond donors (Lipinski definition) is 2. The molecule has 1 atom stereocenters. The topological polar surface area (TPSA) is 138 Å². The second-order valence-electron chi connectivity index (χ2n) is 7.27. The summed E-state index contributed by atoms with van der Waals surface area (Å²) in [7, 11) is 0. The van der Waals surface area contributed by atoms with Crippen molar-refractivity contribution in [3.05, 3.63) is 52.9 Å². The van der Waals surface area contributed by atoms with E-state index in [0.717, 1.165) is 10.8 Å². The molecule has 2 amide bonds. The molecule has 1 aromatic heterocycles. The van der Waals surface area contributed by atoms with Gasteiger partial charge in [0.25, 0.3) is 5.91 Å². The van der Waals surface area contributed by atoms with E-state index < -0.39 is 36.0 Å². The molecule has 9 heteroatoms. The van der Waals surface area contributed by atoms with Gasteiger partial charge in [0.1, 0.15) is 11.3 Å². The molecule has 0 radical (unpaired) electrons. The van der Waals surface area contributed by atoms with Crippen LogP contribution in [0.1, 0.15) is 13.8 Å². The van der Waals surface area contributed by atoms with Crippen LogP contribution in [0.3, 0.4) is 0 Å². The summed E-state index contributed by atoms with van der Waals surface area (Å²) in [6.07, 6.45) is 0. The summed E-state index contributed by atoms with van der Waals surface area (Å²) in [6.45, 7) is 2.46. The number of hydrogen-bond acceptors (Lipinski definition) is 7. The molecule has 31 heavy (non-hydrogen) atoms. The Kier molecular flexibility index (Phi) is 6.54. The predicted molar refractivity (Wildman–Crippen MR) is 110 cm³/mol. The fourth-order valence-electron chi connectivity index (χ4n) is 3.05. The van der Waals surface area contributed by atoms with Crippen molar-refractivity contribution in [3.63, 3.8) is 0 Å².